The van der Waals surface area contributed by atoms with Gasteiger partial charge in [-0.05, 0) is 0 Å². The largest absolute Gasteiger partial charge is 1.00 e. The number of hydrogen-bond acceptors (Lipinski definition) is 0. The second-order valence-corrected chi connectivity index (χ2v) is 26.6. The van der Waals surface area contributed by atoms with E-state index in [1.54, 1.807) is 44.5 Å². The summed E-state index contributed by atoms with van der Waals surface area (Å²) in [5.41, 5.74) is 24.5. The van der Waals surface area contributed by atoms with Crippen LogP contribution in [0, 0.1) is 53.4 Å². The fourth-order valence-corrected chi connectivity index (χ4v) is 27.7. The fourth-order valence-electron chi connectivity index (χ4n) is 9.14. The van der Waals surface area contributed by atoms with Crippen molar-refractivity contribution in [3.05, 3.63) is 127 Å². The molecular formula is C44H50Cl2Zr. The first kappa shape index (κ1) is 36.1. The zero-order valence-corrected chi connectivity index (χ0v) is 33.9. The third-order valence-corrected chi connectivity index (χ3v) is 24.7. The van der Waals surface area contributed by atoms with Gasteiger partial charge in [-0.25, -0.2) is 0 Å². The van der Waals surface area contributed by atoms with E-state index in [2.05, 4.69) is 142 Å². The molecule has 4 aromatic carbocycles. The quantitative estimate of drug-likeness (QED) is 0.205. The molecule has 1 heterocycles. The average Bonchev–Trinajstić information content (AvgIpc) is 3.51. The SMILES string of the molecule is Cc1ccccc1-c1cc(C)c(C)c2c1C=C(C(C)C)[CH]2[Zr+2]1([CH]2C(C(C)C)=Cc3c(-c4ccccc4C)cc(C)c(C)c32)[CH2][CH2]1.[Cl-].[Cl-]. The molecule has 244 valence electrons. The van der Waals surface area contributed by atoms with Gasteiger partial charge in [0.05, 0.1) is 0 Å². The van der Waals surface area contributed by atoms with Crippen LogP contribution in [0.2, 0.25) is 8.26 Å². The molecule has 0 aromatic heterocycles. The van der Waals surface area contributed by atoms with Gasteiger partial charge in [0.15, 0.2) is 0 Å². The van der Waals surface area contributed by atoms with Crippen molar-refractivity contribution in [1.82, 2.24) is 0 Å². The van der Waals surface area contributed by atoms with Crippen LogP contribution >= 0.6 is 0 Å². The van der Waals surface area contributed by atoms with Gasteiger partial charge in [0.1, 0.15) is 0 Å². The topological polar surface area (TPSA) is 0 Å². The van der Waals surface area contributed by atoms with Gasteiger partial charge in [0.25, 0.3) is 0 Å². The molecule has 47 heavy (non-hydrogen) atoms. The summed E-state index contributed by atoms with van der Waals surface area (Å²) in [6, 6.07) is 23.0. The standard InChI is InChI=1S/2C21H23.C2H4.2ClH.Zr/c2*1-13(2)17-11-19-16(5)15(4)10-20(21(19)12-17)18-9-7-6-8-14(18)3;1-2;;;/h2*6-13H,1-5H3;1-2H2;2*1H;/q;;;;;+2/p-2. The molecule has 0 spiro atoms. The molecule has 0 saturated carbocycles. The Morgan fingerprint density at radius 1 is 0.511 bits per heavy atom. The molecule has 2 aliphatic carbocycles. The van der Waals surface area contributed by atoms with Crippen molar-refractivity contribution in [2.75, 3.05) is 0 Å². The van der Waals surface area contributed by atoms with Crippen molar-refractivity contribution in [2.45, 2.75) is 84.7 Å². The van der Waals surface area contributed by atoms with Crippen molar-refractivity contribution >= 4 is 12.2 Å². The summed E-state index contributed by atoms with van der Waals surface area (Å²) in [4.78, 5) is 0. The summed E-state index contributed by atoms with van der Waals surface area (Å²) in [5.74, 6) is 1.10. The molecule has 0 nitrogen and oxygen atoms in total. The van der Waals surface area contributed by atoms with E-state index in [0.717, 1.165) is 0 Å². The van der Waals surface area contributed by atoms with Crippen LogP contribution in [0.4, 0.5) is 0 Å². The van der Waals surface area contributed by atoms with Crippen molar-refractivity contribution in [3.8, 4) is 22.3 Å². The Morgan fingerprint density at radius 3 is 1.19 bits per heavy atom. The van der Waals surface area contributed by atoms with E-state index >= 15 is 0 Å². The van der Waals surface area contributed by atoms with Gasteiger partial charge in [-0.1, -0.05) is 0 Å². The number of aryl methyl sites for hydroxylation is 4. The fraction of sp³-hybridized carbons (Fsp3) is 0.364. The molecule has 3 heteroatoms. The molecule has 0 bridgehead atoms. The van der Waals surface area contributed by atoms with E-state index in [1.807, 2.05) is 0 Å². The first-order chi connectivity index (χ1) is 21.5. The second-order valence-electron chi connectivity index (χ2n) is 15.2. The third-order valence-electron chi connectivity index (χ3n) is 11.9. The van der Waals surface area contributed by atoms with Crippen LogP contribution in [0.5, 0.6) is 0 Å². The Bertz CT molecular complexity index is 1800. The van der Waals surface area contributed by atoms with Crippen LogP contribution in [-0.2, 0) is 20.3 Å². The van der Waals surface area contributed by atoms with E-state index in [4.69, 9.17) is 0 Å². The minimum Gasteiger partial charge on any atom is -1.00 e. The van der Waals surface area contributed by atoms with Crippen molar-refractivity contribution < 1.29 is 45.1 Å². The van der Waals surface area contributed by atoms with Gasteiger partial charge in [-0.15, -0.1) is 0 Å². The minimum atomic E-state index is -2.92. The van der Waals surface area contributed by atoms with E-state index in [0.29, 0.717) is 19.1 Å². The van der Waals surface area contributed by atoms with Crippen LogP contribution in [0.3, 0.4) is 0 Å². The number of fused-ring (bicyclic) bond motifs is 2. The summed E-state index contributed by atoms with van der Waals surface area (Å²) in [7, 11) is 0. The van der Waals surface area contributed by atoms with Crippen LogP contribution in [-0.4, -0.2) is 0 Å². The van der Waals surface area contributed by atoms with Gasteiger partial charge < -0.3 is 24.8 Å². The summed E-state index contributed by atoms with van der Waals surface area (Å²) >= 11 is -2.92. The molecule has 0 amide bonds. The molecule has 0 N–H and O–H groups in total. The summed E-state index contributed by atoms with van der Waals surface area (Å²) in [6.45, 7) is 24.0. The molecule has 7 rings (SSSR count). The van der Waals surface area contributed by atoms with Crippen molar-refractivity contribution in [3.63, 3.8) is 0 Å². The van der Waals surface area contributed by atoms with Crippen LogP contribution < -0.4 is 24.8 Å². The molecule has 0 radical (unpaired) electrons. The van der Waals surface area contributed by atoms with Gasteiger partial charge in [-0.2, -0.15) is 0 Å². The van der Waals surface area contributed by atoms with Crippen molar-refractivity contribution in [1.29, 1.82) is 0 Å². The van der Waals surface area contributed by atoms with E-state index in [1.165, 1.54) is 52.8 Å². The number of allylic oxidation sites excluding steroid dienone is 2. The molecule has 4 aromatic rings. The molecule has 1 saturated heterocycles. The molecule has 2 atom stereocenters. The predicted octanol–water partition coefficient (Wildman–Crippen LogP) is 6.77. The number of hydrogen-bond donors (Lipinski definition) is 0. The van der Waals surface area contributed by atoms with Gasteiger partial charge in [0.2, 0.25) is 0 Å². The Kier molecular flexibility index (Phi) is 10.2. The van der Waals surface area contributed by atoms with Gasteiger partial charge in [0, 0.05) is 0 Å². The summed E-state index contributed by atoms with van der Waals surface area (Å²) < 4.78 is 4.29. The maximum atomic E-state index is 2.69. The first-order valence-electron chi connectivity index (χ1n) is 17.3. The second kappa shape index (κ2) is 13.3. The molecule has 3 aliphatic rings. The smallest absolute Gasteiger partial charge is 1.00 e. The van der Waals surface area contributed by atoms with E-state index < -0.39 is 20.3 Å². The number of benzene rings is 4. The maximum absolute atomic E-state index is 2.92. The van der Waals surface area contributed by atoms with Crippen LogP contribution in [0.15, 0.2) is 71.8 Å². The molecule has 2 unspecified atom stereocenters. The normalized spacial score (nSPS) is 18.0. The molecule has 1 fully saturated rings. The van der Waals surface area contributed by atoms with E-state index in [9.17, 15) is 0 Å². The summed E-state index contributed by atoms with van der Waals surface area (Å²) in [6.07, 6.45) is 5.37. The summed E-state index contributed by atoms with van der Waals surface area (Å²) in [5, 5.41) is 0. The van der Waals surface area contributed by atoms with Gasteiger partial charge in [-0.3, -0.25) is 0 Å². The molecule has 1 aliphatic heterocycles. The number of rotatable bonds is 6. The minimum absolute atomic E-state index is 0. The van der Waals surface area contributed by atoms with Crippen LogP contribution in [0.25, 0.3) is 34.4 Å². The Balaban J connectivity index is 0.00000217. The Hall–Kier alpha value is -2.18. The Labute approximate surface area is 301 Å². The predicted molar refractivity (Wildman–Crippen MR) is 193 cm³/mol. The number of halogens is 2. The third kappa shape index (κ3) is 5.62. The Morgan fingerprint density at radius 2 is 0.872 bits per heavy atom. The van der Waals surface area contributed by atoms with Gasteiger partial charge >= 0.3 is 279 Å². The van der Waals surface area contributed by atoms with E-state index in [-0.39, 0.29) is 24.8 Å². The zero-order valence-electron chi connectivity index (χ0n) is 29.9. The zero-order chi connectivity index (χ0) is 31.9. The van der Waals surface area contributed by atoms with Crippen molar-refractivity contribution in [2.24, 2.45) is 11.8 Å². The first-order valence-corrected chi connectivity index (χ1v) is 23.6. The maximum Gasteiger partial charge on any atom is -1.00 e. The van der Waals surface area contributed by atoms with Crippen LogP contribution in [0.1, 0.15) is 90.6 Å². The molecular weight excluding hydrogens is 691 g/mol. The monoisotopic (exact) mass is 738 g/mol. The average molecular weight is 741 g/mol.